The molecule has 2 aromatic rings. The molecule has 2 aromatic carbocycles. The van der Waals surface area contributed by atoms with Gasteiger partial charge in [-0.3, -0.25) is 0 Å². The van der Waals surface area contributed by atoms with Crippen LogP contribution in [0.15, 0.2) is 46.9 Å². The second-order valence-electron chi connectivity index (χ2n) is 4.33. The molecule has 0 bridgehead atoms. The van der Waals surface area contributed by atoms with E-state index in [-0.39, 0.29) is 6.61 Å². The maximum absolute atomic E-state index is 11.7. The minimum Gasteiger partial charge on any atom is -0.482 e. The molecule has 0 aliphatic carbocycles. The number of aryl methyl sites for hydroxylation is 1. The molecule has 0 N–H and O–H groups in total. The number of carbonyl (C=O) groups excluding carboxylic acids is 1. The molecule has 5 heteroatoms. The summed E-state index contributed by atoms with van der Waals surface area (Å²) in [6.45, 7) is 1.75. The molecule has 106 valence electrons. The molecule has 0 aliphatic heterocycles. The Labute approximate surface area is 131 Å². The monoisotopic (exact) mass is 345 g/mol. The van der Waals surface area contributed by atoms with Crippen LogP contribution in [-0.2, 0) is 4.79 Å². The second-order valence-corrected chi connectivity index (χ2v) is 5.19. The molecule has 0 unspecified atom stereocenters. The molecule has 0 spiro atoms. The molecule has 0 atom stereocenters. The molecule has 0 radical (unpaired) electrons. The van der Waals surface area contributed by atoms with Crippen molar-refractivity contribution in [3.8, 4) is 17.6 Å². The van der Waals surface area contributed by atoms with E-state index in [0.29, 0.717) is 21.5 Å². The topological polar surface area (TPSA) is 59.3 Å². The Morgan fingerprint density at radius 2 is 1.95 bits per heavy atom. The number of rotatable bonds is 4. The number of esters is 1. The third kappa shape index (κ3) is 4.33. The first-order valence-corrected chi connectivity index (χ1v) is 6.97. The van der Waals surface area contributed by atoms with Crippen molar-refractivity contribution in [2.24, 2.45) is 0 Å². The standard InChI is InChI=1S/C16H12BrNO3/c1-11-2-7-15(14(17)8-11)21-16(19)10-20-13-5-3-12(9-18)4-6-13/h2-8H,10H2,1H3. The molecular weight excluding hydrogens is 334 g/mol. The van der Waals surface area contributed by atoms with Crippen LogP contribution >= 0.6 is 15.9 Å². The first-order chi connectivity index (χ1) is 10.1. The molecule has 0 amide bonds. The highest BCUT2D eigenvalue weighted by Gasteiger charge is 2.09. The maximum atomic E-state index is 11.7. The zero-order valence-corrected chi connectivity index (χ0v) is 12.9. The molecule has 0 heterocycles. The van der Waals surface area contributed by atoms with Crippen LogP contribution in [-0.4, -0.2) is 12.6 Å². The fraction of sp³-hybridized carbons (Fsp3) is 0.125. The SMILES string of the molecule is Cc1ccc(OC(=O)COc2ccc(C#N)cc2)c(Br)c1. The van der Waals surface area contributed by atoms with Gasteiger partial charge in [-0.2, -0.15) is 5.26 Å². The molecule has 4 nitrogen and oxygen atoms in total. The summed E-state index contributed by atoms with van der Waals surface area (Å²) in [7, 11) is 0. The number of carbonyl (C=O) groups is 1. The van der Waals surface area contributed by atoms with Crippen molar-refractivity contribution in [1.82, 2.24) is 0 Å². The van der Waals surface area contributed by atoms with Gasteiger partial charge in [0.2, 0.25) is 0 Å². The Balaban J connectivity index is 1.91. The number of ether oxygens (including phenoxy) is 2. The third-order valence-corrected chi connectivity index (χ3v) is 3.27. The summed E-state index contributed by atoms with van der Waals surface area (Å²) in [6.07, 6.45) is 0. The van der Waals surface area contributed by atoms with E-state index >= 15 is 0 Å². The van der Waals surface area contributed by atoms with Gasteiger partial charge in [-0.15, -0.1) is 0 Å². The largest absolute Gasteiger partial charge is 0.482 e. The number of hydrogen-bond donors (Lipinski definition) is 0. The predicted octanol–water partition coefficient (Wildman–Crippen LogP) is 3.61. The summed E-state index contributed by atoms with van der Waals surface area (Å²) in [6, 6.07) is 14.0. The summed E-state index contributed by atoms with van der Waals surface area (Å²) >= 11 is 3.34. The summed E-state index contributed by atoms with van der Waals surface area (Å²) in [4.78, 5) is 11.7. The molecule has 0 aromatic heterocycles. The first kappa shape index (κ1) is 15.1. The van der Waals surface area contributed by atoms with Crippen molar-refractivity contribution >= 4 is 21.9 Å². The van der Waals surface area contributed by atoms with Crippen LogP contribution in [0.25, 0.3) is 0 Å². The van der Waals surface area contributed by atoms with E-state index in [1.54, 1.807) is 30.3 Å². The maximum Gasteiger partial charge on any atom is 0.349 e. The number of hydrogen-bond acceptors (Lipinski definition) is 4. The lowest BCUT2D eigenvalue weighted by atomic mass is 10.2. The Morgan fingerprint density at radius 1 is 1.24 bits per heavy atom. The van der Waals surface area contributed by atoms with Gasteiger partial charge in [0.05, 0.1) is 16.1 Å². The molecule has 0 aliphatic rings. The van der Waals surface area contributed by atoms with Crippen LogP contribution < -0.4 is 9.47 Å². The zero-order valence-electron chi connectivity index (χ0n) is 11.3. The lowest BCUT2D eigenvalue weighted by molar-refractivity contribution is -0.136. The van der Waals surface area contributed by atoms with Crippen molar-refractivity contribution in [2.75, 3.05) is 6.61 Å². The van der Waals surface area contributed by atoms with Gasteiger partial charge in [0.25, 0.3) is 0 Å². The van der Waals surface area contributed by atoms with E-state index in [0.717, 1.165) is 5.56 Å². The van der Waals surface area contributed by atoms with E-state index in [9.17, 15) is 4.79 Å². The average molecular weight is 346 g/mol. The van der Waals surface area contributed by atoms with Gasteiger partial charge in [-0.1, -0.05) is 6.07 Å². The van der Waals surface area contributed by atoms with E-state index in [1.807, 2.05) is 25.1 Å². The minimum absolute atomic E-state index is 0.202. The van der Waals surface area contributed by atoms with Crippen molar-refractivity contribution in [3.05, 3.63) is 58.1 Å². The average Bonchev–Trinajstić information content (AvgIpc) is 2.48. The van der Waals surface area contributed by atoms with Crippen molar-refractivity contribution < 1.29 is 14.3 Å². The normalized spacial score (nSPS) is 9.76. The summed E-state index contributed by atoms with van der Waals surface area (Å²) in [5.41, 5.74) is 1.60. The molecule has 2 rings (SSSR count). The summed E-state index contributed by atoms with van der Waals surface area (Å²) < 4.78 is 11.2. The summed E-state index contributed by atoms with van der Waals surface area (Å²) in [5, 5.41) is 8.69. The fourth-order valence-electron chi connectivity index (χ4n) is 1.61. The lowest BCUT2D eigenvalue weighted by Gasteiger charge is -2.08. The number of halogens is 1. The van der Waals surface area contributed by atoms with Crippen LogP contribution in [0.3, 0.4) is 0 Å². The Hall–Kier alpha value is -2.32. The van der Waals surface area contributed by atoms with E-state index in [4.69, 9.17) is 14.7 Å². The Kier molecular flexibility index (Phi) is 4.96. The third-order valence-electron chi connectivity index (χ3n) is 2.65. The van der Waals surface area contributed by atoms with Crippen LogP contribution in [0, 0.1) is 18.3 Å². The highest BCUT2D eigenvalue weighted by molar-refractivity contribution is 9.10. The zero-order chi connectivity index (χ0) is 15.2. The highest BCUT2D eigenvalue weighted by atomic mass is 79.9. The van der Waals surface area contributed by atoms with Crippen LogP contribution in [0.5, 0.6) is 11.5 Å². The van der Waals surface area contributed by atoms with Gasteiger partial charge in [-0.05, 0) is 64.8 Å². The van der Waals surface area contributed by atoms with Crippen LogP contribution in [0.1, 0.15) is 11.1 Å². The van der Waals surface area contributed by atoms with Crippen molar-refractivity contribution in [3.63, 3.8) is 0 Å². The summed E-state index contributed by atoms with van der Waals surface area (Å²) in [5.74, 6) is 0.465. The van der Waals surface area contributed by atoms with Gasteiger partial charge in [0, 0.05) is 0 Å². The fourth-order valence-corrected chi connectivity index (χ4v) is 2.18. The number of nitrogens with zero attached hydrogens (tertiary/aromatic N) is 1. The van der Waals surface area contributed by atoms with Gasteiger partial charge in [0.15, 0.2) is 6.61 Å². The smallest absolute Gasteiger partial charge is 0.349 e. The van der Waals surface area contributed by atoms with Crippen molar-refractivity contribution in [2.45, 2.75) is 6.92 Å². The number of benzene rings is 2. The van der Waals surface area contributed by atoms with E-state index in [1.165, 1.54) is 0 Å². The lowest BCUT2D eigenvalue weighted by Crippen LogP contribution is -2.17. The second kappa shape index (κ2) is 6.91. The Bertz CT molecular complexity index is 690. The molecule has 21 heavy (non-hydrogen) atoms. The van der Waals surface area contributed by atoms with Crippen LogP contribution in [0.2, 0.25) is 0 Å². The Morgan fingerprint density at radius 3 is 2.57 bits per heavy atom. The molecular formula is C16H12BrNO3. The van der Waals surface area contributed by atoms with E-state index < -0.39 is 5.97 Å². The first-order valence-electron chi connectivity index (χ1n) is 6.18. The minimum atomic E-state index is -0.496. The predicted molar refractivity (Wildman–Crippen MR) is 81.2 cm³/mol. The number of nitriles is 1. The molecule has 0 saturated carbocycles. The van der Waals surface area contributed by atoms with Gasteiger partial charge in [0.1, 0.15) is 11.5 Å². The van der Waals surface area contributed by atoms with Crippen molar-refractivity contribution in [1.29, 1.82) is 5.26 Å². The van der Waals surface area contributed by atoms with Gasteiger partial charge >= 0.3 is 5.97 Å². The van der Waals surface area contributed by atoms with Gasteiger partial charge < -0.3 is 9.47 Å². The van der Waals surface area contributed by atoms with E-state index in [2.05, 4.69) is 15.9 Å². The quantitative estimate of drug-likeness (QED) is 0.627. The van der Waals surface area contributed by atoms with Gasteiger partial charge in [-0.25, -0.2) is 4.79 Å². The van der Waals surface area contributed by atoms with Crippen LogP contribution in [0.4, 0.5) is 0 Å². The molecule has 0 saturated heterocycles. The highest BCUT2D eigenvalue weighted by Crippen LogP contribution is 2.25. The molecule has 0 fully saturated rings.